The molecule has 14 heavy (non-hydrogen) atoms. The molecule has 0 nitrogen and oxygen atoms in total. The molecular weight excluding hydrogens is 192 g/mol. The summed E-state index contributed by atoms with van der Waals surface area (Å²) in [6, 6.07) is 6.84. The molecular formula is C13H17Cl. The van der Waals surface area contributed by atoms with Crippen LogP contribution in [-0.2, 0) is 5.41 Å². The van der Waals surface area contributed by atoms with Gasteiger partial charge in [0, 0.05) is 5.88 Å². The number of benzene rings is 1. The lowest BCUT2D eigenvalue weighted by molar-refractivity contribution is 0.704. The van der Waals surface area contributed by atoms with E-state index in [0.29, 0.717) is 11.3 Å². The minimum Gasteiger partial charge on any atom is -0.126 e. The molecule has 76 valence electrons. The van der Waals surface area contributed by atoms with Crippen LogP contribution in [-0.4, -0.2) is 5.88 Å². The maximum Gasteiger partial charge on any atom is 0.0260 e. The third kappa shape index (κ3) is 1.56. The Morgan fingerprint density at radius 1 is 1.29 bits per heavy atom. The average molecular weight is 209 g/mol. The normalized spacial score (nSPS) is 30.4. The molecule has 1 aromatic rings. The zero-order valence-electron chi connectivity index (χ0n) is 9.10. The van der Waals surface area contributed by atoms with Crippen LogP contribution in [0, 0.1) is 19.8 Å². The Balaban J connectivity index is 2.34. The van der Waals surface area contributed by atoms with Gasteiger partial charge < -0.3 is 0 Å². The number of hydrogen-bond acceptors (Lipinski definition) is 0. The maximum atomic E-state index is 5.91. The molecule has 1 heteroatoms. The highest BCUT2D eigenvalue weighted by atomic mass is 35.5. The van der Waals surface area contributed by atoms with Gasteiger partial charge >= 0.3 is 0 Å². The van der Waals surface area contributed by atoms with Crippen molar-refractivity contribution >= 4 is 11.6 Å². The summed E-state index contributed by atoms with van der Waals surface area (Å²) in [7, 11) is 0. The van der Waals surface area contributed by atoms with Crippen molar-refractivity contribution in [1.82, 2.24) is 0 Å². The van der Waals surface area contributed by atoms with Gasteiger partial charge in [0.15, 0.2) is 0 Å². The van der Waals surface area contributed by atoms with E-state index in [2.05, 4.69) is 39.0 Å². The molecule has 2 unspecified atom stereocenters. The van der Waals surface area contributed by atoms with E-state index in [-0.39, 0.29) is 0 Å². The average Bonchev–Trinajstić information content (AvgIpc) is 2.77. The standard InChI is InChI=1S/C13H17Cl/c1-9-4-10(2)6-11(5-9)13(3)7-12(13)8-14/h4-6,12H,7-8H2,1-3H3. The monoisotopic (exact) mass is 208 g/mol. The van der Waals surface area contributed by atoms with E-state index in [9.17, 15) is 0 Å². The second-order valence-electron chi connectivity index (χ2n) is 4.85. The molecule has 1 aliphatic carbocycles. The third-order valence-electron chi connectivity index (χ3n) is 3.48. The van der Waals surface area contributed by atoms with Crippen LogP contribution in [0.4, 0.5) is 0 Å². The first-order valence-electron chi connectivity index (χ1n) is 5.21. The van der Waals surface area contributed by atoms with Crippen molar-refractivity contribution < 1.29 is 0 Å². The fourth-order valence-electron chi connectivity index (χ4n) is 2.34. The molecule has 0 N–H and O–H groups in total. The van der Waals surface area contributed by atoms with Crippen LogP contribution in [0.3, 0.4) is 0 Å². The van der Waals surface area contributed by atoms with Crippen molar-refractivity contribution in [3.05, 3.63) is 34.9 Å². The lowest BCUT2D eigenvalue weighted by Gasteiger charge is -2.13. The molecule has 1 aliphatic rings. The van der Waals surface area contributed by atoms with Crippen molar-refractivity contribution in [2.24, 2.45) is 5.92 Å². The number of halogens is 1. The topological polar surface area (TPSA) is 0 Å². The van der Waals surface area contributed by atoms with E-state index in [1.165, 1.54) is 23.1 Å². The summed E-state index contributed by atoms with van der Waals surface area (Å²) in [6.45, 7) is 6.66. The fourth-order valence-corrected chi connectivity index (χ4v) is 2.79. The van der Waals surface area contributed by atoms with Gasteiger partial charge in [-0.3, -0.25) is 0 Å². The van der Waals surface area contributed by atoms with Crippen LogP contribution in [0.15, 0.2) is 18.2 Å². The molecule has 0 saturated heterocycles. The fraction of sp³-hybridized carbons (Fsp3) is 0.538. The van der Waals surface area contributed by atoms with Crippen LogP contribution in [0.25, 0.3) is 0 Å². The number of rotatable bonds is 2. The van der Waals surface area contributed by atoms with Crippen molar-refractivity contribution in [1.29, 1.82) is 0 Å². The molecule has 0 spiro atoms. The molecule has 1 fully saturated rings. The molecule has 0 aromatic heterocycles. The van der Waals surface area contributed by atoms with Gasteiger partial charge in [-0.25, -0.2) is 0 Å². The Bertz CT molecular complexity index is 336. The Kier molecular flexibility index (Phi) is 2.35. The Hall–Kier alpha value is -0.490. The number of aryl methyl sites for hydroxylation is 2. The molecule has 0 aliphatic heterocycles. The number of alkyl halides is 1. The summed E-state index contributed by atoms with van der Waals surface area (Å²) >= 11 is 5.91. The maximum absolute atomic E-state index is 5.91. The zero-order valence-corrected chi connectivity index (χ0v) is 9.86. The molecule has 0 bridgehead atoms. The van der Waals surface area contributed by atoms with Crippen molar-refractivity contribution in [3.63, 3.8) is 0 Å². The molecule has 2 atom stereocenters. The summed E-state index contributed by atoms with van der Waals surface area (Å²) in [4.78, 5) is 0. The molecule has 1 aromatic carbocycles. The highest BCUT2D eigenvalue weighted by Crippen LogP contribution is 2.54. The van der Waals surface area contributed by atoms with Gasteiger partial charge in [0.2, 0.25) is 0 Å². The van der Waals surface area contributed by atoms with Crippen LogP contribution in [0.2, 0.25) is 0 Å². The van der Waals surface area contributed by atoms with E-state index >= 15 is 0 Å². The second-order valence-corrected chi connectivity index (χ2v) is 5.16. The first-order chi connectivity index (χ1) is 6.56. The molecule has 0 amide bonds. The lowest BCUT2D eigenvalue weighted by atomic mass is 9.93. The molecule has 1 saturated carbocycles. The molecule has 0 radical (unpaired) electrons. The molecule has 2 rings (SSSR count). The van der Waals surface area contributed by atoms with Gasteiger partial charge in [0.05, 0.1) is 0 Å². The quantitative estimate of drug-likeness (QED) is 0.649. The Morgan fingerprint density at radius 2 is 1.86 bits per heavy atom. The van der Waals surface area contributed by atoms with E-state index in [0.717, 1.165) is 5.88 Å². The Labute approximate surface area is 91.3 Å². The Morgan fingerprint density at radius 3 is 2.29 bits per heavy atom. The first kappa shape index (κ1) is 10.0. The van der Waals surface area contributed by atoms with Crippen LogP contribution in [0.5, 0.6) is 0 Å². The third-order valence-corrected chi connectivity index (χ3v) is 3.85. The van der Waals surface area contributed by atoms with E-state index in [1.54, 1.807) is 0 Å². The van der Waals surface area contributed by atoms with Crippen molar-refractivity contribution in [2.75, 3.05) is 5.88 Å². The highest BCUT2D eigenvalue weighted by molar-refractivity contribution is 6.18. The van der Waals surface area contributed by atoms with Gasteiger partial charge in [-0.05, 0) is 37.2 Å². The predicted molar refractivity (Wildman–Crippen MR) is 62.1 cm³/mol. The largest absolute Gasteiger partial charge is 0.126 e. The van der Waals surface area contributed by atoms with Gasteiger partial charge in [0.1, 0.15) is 0 Å². The summed E-state index contributed by atoms with van der Waals surface area (Å²) in [6.07, 6.45) is 1.25. The number of hydrogen-bond donors (Lipinski definition) is 0. The summed E-state index contributed by atoms with van der Waals surface area (Å²) in [5, 5.41) is 0. The summed E-state index contributed by atoms with van der Waals surface area (Å²) in [5.41, 5.74) is 4.56. The van der Waals surface area contributed by atoms with Crippen molar-refractivity contribution in [3.8, 4) is 0 Å². The van der Waals surface area contributed by atoms with Gasteiger partial charge in [-0.15, -0.1) is 11.6 Å². The van der Waals surface area contributed by atoms with Crippen LogP contribution >= 0.6 is 11.6 Å². The smallest absolute Gasteiger partial charge is 0.0260 e. The minimum absolute atomic E-state index is 0.360. The van der Waals surface area contributed by atoms with E-state index in [1.807, 2.05) is 0 Å². The summed E-state index contributed by atoms with van der Waals surface area (Å²) < 4.78 is 0. The predicted octanol–water partition coefficient (Wildman–Crippen LogP) is 3.82. The van der Waals surface area contributed by atoms with Gasteiger partial charge in [-0.1, -0.05) is 36.2 Å². The lowest BCUT2D eigenvalue weighted by Crippen LogP contribution is -2.05. The SMILES string of the molecule is Cc1cc(C)cc(C2(C)CC2CCl)c1. The van der Waals surface area contributed by atoms with Crippen molar-refractivity contribution in [2.45, 2.75) is 32.6 Å². The molecule has 0 heterocycles. The van der Waals surface area contributed by atoms with E-state index < -0.39 is 0 Å². The van der Waals surface area contributed by atoms with Gasteiger partial charge in [0.25, 0.3) is 0 Å². The minimum atomic E-state index is 0.360. The zero-order chi connectivity index (χ0) is 10.3. The first-order valence-corrected chi connectivity index (χ1v) is 5.74. The van der Waals surface area contributed by atoms with Crippen LogP contribution < -0.4 is 0 Å². The highest BCUT2D eigenvalue weighted by Gasteiger charge is 2.50. The van der Waals surface area contributed by atoms with E-state index in [4.69, 9.17) is 11.6 Å². The van der Waals surface area contributed by atoms with Gasteiger partial charge in [-0.2, -0.15) is 0 Å². The van der Waals surface area contributed by atoms with Crippen LogP contribution in [0.1, 0.15) is 30.0 Å². The summed E-state index contributed by atoms with van der Waals surface area (Å²) in [5.74, 6) is 1.48. The second kappa shape index (κ2) is 3.27.